The van der Waals surface area contributed by atoms with Crippen LogP contribution in [-0.4, -0.2) is 31.7 Å². The molecule has 3 aromatic heterocycles. The van der Waals surface area contributed by atoms with Gasteiger partial charge >= 0.3 is 0 Å². The molecule has 2 atom stereocenters. The van der Waals surface area contributed by atoms with Gasteiger partial charge in [0.05, 0.1) is 29.4 Å². The highest BCUT2D eigenvalue weighted by Gasteiger charge is 2.28. The van der Waals surface area contributed by atoms with Crippen molar-refractivity contribution in [2.45, 2.75) is 44.6 Å². The van der Waals surface area contributed by atoms with E-state index in [0.717, 1.165) is 46.6 Å². The highest BCUT2D eigenvalue weighted by Crippen LogP contribution is 2.28. The molecule has 164 valence electrons. The second-order valence-corrected chi connectivity index (χ2v) is 8.84. The molecule has 1 aliphatic rings. The van der Waals surface area contributed by atoms with E-state index in [1.54, 1.807) is 12.4 Å². The number of anilines is 2. The molecule has 4 aromatic rings. The number of hydrogen-bond donors (Lipinski definition) is 2. The van der Waals surface area contributed by atoms with Gasteiger partial charge in [0.25, 0.3) is 0 Å². The van der Waals surface area contributed by atoms with Gasteiger partial charge in [-0.1, -0.05) is 36.4 Å². The van der Waals surface area contributed by atoms with Crippen LogP contribution in [0.25, 0.3) is 5.65 Å². The molecule has 5 rings (SSSR count). The first-order valence-corrected chi connectivity index (χ1v) is 11.6. The molecule has 3 heterocycles. The van der Waals surface area contributed by atoms with Gasteiger partial charge in [0.2, 0.25) is 0 Å². The van der Waals surface area contributed by atoms with Crippen LogP contribution in [0.4, 0.5) is 11.6 Å². The lowest BCUT2D eigenvalue weighted by atomic mass is 10.2. The molecule has 0 spiro atoms. The van der Waals surface area contributed by atoms with E-state index in [2.05, 4.69) is 48.8 Å². The number of aromatic nitrogens is 4. The van der Waals surface area contributed by atoms with E-state index in [1.807, 2.05) is 47.1 Å². The average molecular weight is 493 g/mol. The Balaban J connectivity index is 1.32. The summed E-state index contributed by atoms with van der Waals surface area (Å²) in [5, 5.41) is 11.6. The molecule has 0 saturated heterocycles. The zero-order valence-electron chi connectivity index (χ0n) is 17.6. The van der Waals surface area contributed by atoms with E-state index in [1.165, 1.54) is 5.56 Å². The van der Waals surface area contributed by atoms with Crippen LogP contribution in [0.3, 0.4) is 0 Å². The smallest absolute Gasteiger partial charge is 0.173 e. The molecular formula is C24H25BrN6O. The van der Waals surface area contributed by atoms with Gasteiger partial charge in [-0.2, -0.15) is 9.61 Å². The van der Waals surface area contributed by atoms with Crippen molar-refractivity contribution in [1.82, 2.24) is 19.6 Å². The molecule has 32 heavy (non-hydrogen) atoms. The Morgan fingerprint density at radius 2 is 1.94 bits per heavy atom. The molecule has 1 fully saturated rings. The lowest BCUT2D eigenvalue weighted by Crippen LogP contribution is -2.31. The van der Waals surface area contributed by atoms with Crippen LogP contribution in [-0.2, 0) is 17.9 Å². The van der Waals surface area contributed by atoms with Crippen LogP contribution in [0, 0.1) is 0 Å². The molecule has 1 aliphatic carbocycles. The SMILES string of the molecule is Brc1cnn2c(NCc3cccnc3)cc(NC3CCC[C@@H]3OCc3ccccc3)nc12. The molecule has 1 unspecified atom stereocenters. The molecule has 2 N–H and O–H groups in total. The Labute approximate surface area is 195 Å². The van der Waals surface area contributed by atoms with E-state index in [4.69, 9.17) is 9.72 Å². The average Bonchev–Trinajstić information content (AvgIpc) is 3.44. The standard InChI is InChI=1S/C24H25BrN6O/c25-19-15-28-31-23(27-14-18-8-5-11-26-13-18)12-22(30-24(19)31)29-20-9-4-10-21(20)32-16-17-6-2-1-3-7-17/h1-3,5-8,11-13,15,20-21,27H,4,9-10,14,16H2,(H,29,30)/t20?,21-/m0/s1. The lowest BCUT2D eigenvalue weighted by Gasteiger charge is -2.22. The number of pyridine rings is 1. The number of ether oxygens (including phenoxy) is 1. The van der Waals surface area contributed by atoms with Gasteiger partial charge < -0.3 is 15.4 Å². The van der Waals surface area contributed by atoms with E-state index in [9.17, 15) is 0 Å². The largest absolute Gasteiger partial charge is 0.371 e. The highest BCUT2D eigenvalue weighted by atomic mass is 79.9. The van der Waals surface area contributed by atoms with Gasteiger partial charge in [-0.15, -0.1) is 0 Å². The Hall–Kier alpha value is -2.97. The third kappa shape index (κ3) is 4.76. The fraction of sp³-hybridized carbons (Fsp3) is 0.292. The fourth-order valence-corrected chi connectivity index (χ4v) is 4.44. The number of nitrogens with one attached hydrogen (secondary N) is 2. The maximum Gasteiger partial charge on any atom is 0.173 e. The summed E-state index contributed by atoms with van der Waals surface area (Å²) >= 11 is 3.57. The maximum absolute atomic E-state index is 6.27. The fourth-order valence-electron chi connectivity index (χ4n) is 4.09. The molecular weight excluding hydrogens is 468 g/mol. The lowest BCUT2D eigenvalue weighted by molar-refractivity contribution is 0.0394. The number of fused-ring (bicyclic) bond motifs is 1. The zero-order valence-corrected chi connectivity index (χ0v) is 19.2. The van der Waals surface area contributed by atoms with Gasteiger partial charge in [0.1, 0.15) is 11.6 Å². The van der Waals surface area contributed by atoms with Crippen molar-refractivity contribution < 1.29 is 4.74 Å². The summed E-state index contributed by atoms with van der Waals surface area (Å²) in [6, 6.07) is 16.5. The van der Waals surface area contributed by atoms with Gasteiger partial charge in [-0.25, -0.2) is 4.98 Å². The van der Waals surface area contributed by atoms with Crippen molar-refractivity contribution in [3.05, 3.63) is 82.7 Å². The van der Waals surface area contributed by atoms with Crippen molar-refractivity contribution in [2.75, 3.05) is 10.6 Å². The van der Waals surface area contributed by atoms with Crippen LogP contribution in [0.2, 0.25) is 0 Å². The predicted octanol–water partition coefficient (Wildman–Crippen LogP) is 5.05. The third-order valence-electron chi connectivity index (χ3n) is 5.72. The predicted molar refractivity (Wildman–Crippen MR) is 129 cm³/mol. The first-order valence-electron chi connectivity index (χ1n) is 10.9. The molecule has 8 heteroatoms. The quantitative estimate of drug-likeness (QED) is 0.358. The Kier molecular flexibility index (Phi) is 6.31. The minimum absolute atomic E-state index is 0.161. The van der Waals surface area contributed by atoms with Crippen molar-refractivity contribution in [3.8, 4) is 0 Å². The van der Waals surface area contributed by atoms with Gasteiger partial charge in [0.15, 0.2) is 5.65 Å². The van der Waals surface area contributed by atoms with Crippen LogP contribution < -0.4 is 10.6 Å². The molecule has 1 saturated carbocycles. The first kappa shape index (κ1) is 20.9. The van der Waals surface area contributed by atoms with E-state index < -0.39 is 0 Å². The number of benzene rings is 1. The highest BCUT2D eigenvalue weighted by molar-refractivity contribution is 9.10. The Bertz CT molecular complexity index is 1170. The summed E-state index contributed by atoms with van der Waals surface area (Å²) in [5.74, 6) is 1.68. The minimum Gasteiger partial charge on any atom is -0.371 e. The molecule has 0 radical (unpaired) electrons. The van der Waals surface area contributed by atoms with Crippen molar-refractivity contribution in [1.29, 1.82) is 0 Å². The zero-order chi connectivity index (χ0) is 21.8. The van der Waals surface area contributed by atoms with Gasteiger partial charge in [-0.3, -0.25) is 4.98 Å². The monoisotopic (exact) mass is 492 g/mol. The van der Waals surface area contributed by atoms with E-state index >= 15 is 0 Å². The molecule has 0 bridgehead atoms. The Morgan fingerprint density at radius 1 is 1.06 bits per heavy atom. The van der Waals surface area contributed by atoms with E-state index in [0.29, 0.717) is 13.2 Å². The summed E-state index contributed by atoms with van der Waals surface area (Å²) in [7, 11) is 0. The topological polar surface area (TPSA) is 76.4 Å². The first-order chi connectivity index (χ1) is 15.8. The second-order valence-electron chi connectivity index (χ2n) is 7.99. The molecule has 0 amide bonds. The molecule has 7 nitrogen and oxygen atoms in total. The van der Waals surface area contributed by atoms with Crippen molar-refractivity contribution >= 4 is 33.2 Å². The van der Waals surface area contributed by atoms with Crippen LogP contribution in [0.15, 0.2) is 71.6 Å². The number of nitrogens with zero attached hydrogens (tertiary/aromatic N) is 4. The Morgan fingerprint density at radius 3 is 2.78 bits per heavy atom. The second kappa shape index (κ2) is 9.67. The van der Waals surface area contributed by atoms with Crippen LogP contribution >= 0.6 is 15.9 Å². The molecule has 1 aromatic carbocycles. The number of hydrogen-bond acceptors (Lipinski definition) is 6. The normalized spacial score (nSPS) is 18.2. The van der Waals surface area contributed by atoms with Crippen molar-refractivity contribution in [2.24, 2.45) is 0 Å². The summed E-state index contributed by atoms with van der Waals surface area (Å²) in [6.07, 6.45) is 8.81. The van der Waals surface area contributed by atoms with Gasteiger partial charge in [-0.05, 0) is 52.4 Å². The van der Waals surface area contributed by atoms with E-state index in [-0.39, 0.29) is 12.1 Å². The minimum atomic E-state index is 0.161. The number of halogens is 1. The summed E-state index contributed by atoms with van der Waals surface area (Å²) in [6.45, 7) is 1.28. The molecule has 0 aliphatic heterocycles. The summed E-state index contributed by atoms with van der Waals surface area (Å²) in [4.78, 5) is 8.99. The third-order valence-corrected chi connectivity index (χ3v) is 6.28. The van der Waals surface area contributed by atoms with Gasteiger partial charge in [0, 0.05) is 25.0 Å². The van der Waals surface area contributed by atoms with Crippen molar-refractivity contribution in [3.63, 3.8) is 0 Å². The number of rotatable bonds is 8. The summed E-state index contributed by atoms with van der Waals surface area (Å²) < 4.78 is 8.93. The van der Waals surface area contributed by atoms with Crippen LogP contribution in [0.5, 0.6) is 0 Å². The maximum atomic E-state index is 6.27. The summed E-state index contributed by atoms with van der Waals surface area (Å²) in [5.41, 5.74) is 3.06. The van der Waals surface area contributed by atoms with Crippen LogP contribution in [0.1, 0.15) is 30.4 Å².